The standard InChI is InChI=1S/C23H25IO7/c1-5-27-14-10-9-13(11-15(14)28-6-2)22-23(30-8-4)21(26)18-16(31-22)12-17(29-7-3)19(24)20(18)25/h9-12,25H,5-8H2,1-4H3. The average Bonchev–Trinajstić information content (AvgIpc) is 2.75. The Morgan fingerprint density at radius 2 is 1.48 bits per heavy atom. The molecule has 3 rings (SSSR count). The van der Waals surface area contributed by atoms with E-state index in [2.05, 4.69) is 0 Å². The van der Waals surface area contributed by atoms with Crippen LogP contribution in [0.5, 0.6) is 28.7 Å². The largest absolute Gasteiger partial charge is 0.506 e. The fraction of sp³-hybridized carbons (Fsp3) is 0.348. The summed E-state index contributed by atoms with van der Waals surface area (Å²) < 4.78 is 29.1. The minimum absolute atomic E-state index is 0.0249. The molecule has 0 spiro atoms. The number of fused-ring (bicyclic) bond motifs is 1. The second-order valence-electron chi connectivity index (χ2n) is 6.39. The van der Waals surface area contributed by atoms with Gasteiger partial charge in [0.15, 0.2) is 17.3 Å². The first-order valence-corrected chi connectivity index (χ1v) is 11.2. The molecule has 0 aliphatic heterocycles. The molecule has 0 aliphatic rings. The van der Waals surface area contributed by atoms with Crippen LogP contribution >= 0.6 is 22.6 Å². The number of phenols is 1. The van der Waals surface area contributed by atoms with Gasteiger partial charge in [-0.2, -0.15) is 0 Å². The molecule has 0 unspecified atom stereocenters. The van der Waals surface area contributed by atoms with E-state index in [1.54, 1.807) is 31.2 Å². The molecular weight excluding hydrogens is 515 g/mol. The lowest BCUT2D eigenvalue weighted by Crippen LogP contribution is -2.11. The van der Waals surface area contributed by atoms with Gasteiger partial charge in [0.25, 0.3) is 0 Å². The molecule has 0 radical (unpaired) electrons. The van der Waals surface area contributed by atoms with Crippen molar-refractivity contribution in [3.8, 4) is 40.1 Å². The van der Waals surface area contributed by atoms with Crippen LogP contribution in [0.15, 0.2) is 33.5 Å². The molecule has 0 fully saturated rings. The van der Waals surface area contributed by atoms with E-state index in [0.29, 0.717) is 46.2 Å². The van der Waals surface area contributed by atoms with Gasteiger partial charge in [0.05, 0.1) is 30.0 Å². The normalized spacial score (nSPS) is 10.9. The highest BCUT2D eigenvalue weighted by Crippen LogP contribution is 2.41. The van der Waals surface area contributed by atoms with Crippen molar-refractivity contribution in [2.45, 2.75) is 27.7 Å². The van der Waals surface area contributed by atoms with Crippen LogP contribution in [-0.2, 0) is 0 Å². The van der Waals surface area contributed by atoms with Crippen molar-refractivity contribution in [3.05, 3.63) is 38.1 Å². The Labute approximate surface area is 194 Å². The summed E-state index contributed by atoms with van der Waals surface area (Å²) in [5.41, 5.74) is 0.338. The Morgan fingerprint density at radius 3 is 2.13 bits per heavy atom. The van der Waals surface area contributed by atoms with E-state index in [4.69, 9.17) is 23.4 Å². The smallest absolute Gasteiger partial charge is 0.239 e. The summed E-state index contributed by atoms with van der Waals surface area (Å²) in [4.78, 5) is 13.3. The molecule has 166 valence electrons. The maximum atomic E-state index is 13.3. The van der Waals surface area contributed by atoms with Gasteiger partial charge in [-0.05, 0) is 68.5 Å². The lowest BCUT2D eigenvalue weighted by Gasteiger charge is -2.15. The van der Waals surface area contributed by atoms with Crippen LogP contribution in [0.2, 0.25) is 0 Å². The SMILES string of the molecule is CCOc1ccc(-c2oc3cc(OCC)c(I)c(O)c3c(=O)c2OCC)cc1OCC. The number of benzene rings is 2. The molecule has 0 aliphatic carbocycles. The van der Waals surface area contributed by atoms with Crippen LogP contribution in [0.1, 0.15) is 27.7 Å². The van der Waals surface area contributed by atoms with Crippen LogP contribution in [0.4, 0.5) is 0 Å². The third kappa shape index (κ3) is 4.53. The van der Waals surface area contributed by atoms with Crippen molar-refractivity contribution in [3.63, 3.8) is 0 Å². The van der Waals surface area contributed by atoms with E-state index < -0.39 is 5.43 Å². The number of hydrogen-bond acceptors (Lipinski definition) is 7. The van der Waals surface area contributed by atoms with Gasteiger partial charge >= 0.3 is 0 Å². The Bertz CT molecular complexity index is 1140. The second-order valence-corrected chi connectivity index (χ2v) is 7.47. The fourth-order valence-corrected chi connectivity index (χ4v) is 3.77. The predicted octanol–water partition coefficient (Wildman–Crippen LogP) is 5.37. The molecule has 31 heavy (non-hydrogen) atoms. The molecule has 1 heterocycles. The van der Waals surface area contributed by atoms with Crippen molar-refractivity contribution < 1.29 is 28.5 Å². The van der Waals surface area contributed by atoms with Crippen molar-refractivity contribution in [1.82, 2.24) is 0 Å². The topological polar surface area (TPSA) is 87.4 Å². The first-order chi connectivity index (χ1) is 15.0. The summed E-state index contributed by atoms with van der Waals surface area (Å²) in [5, 5.41) is 10.7. The molecule has 0 saturated carbocycles. The molecule has 3 aromatic rings. The molecular formula is C23H25IO7. The van der Waals surface area contributed by atoms with Crippen LogP contribution in [0.25, 0.3) is 22.3 Å². The third-order valence-corrected chi connectivity index (χ3v) is 5.46. The summed E-state index contributed by atoms with van der Waals surface area (Å²) in [6.45, 7) is 9.00. The Hall–Kier alpha value is -2.62. The molecule has 1 N–H and O–H groups in total. The minimum Gasteiger partial charge on any atom is -0.506 e. The monoisotopic (exact) mass is 540 g/mol. The maximum absolute atomic E-state index is 13.3. The predicted molar refractivity (Wildman–Crippen MR) is 127 cm³/mol. The number of aromatic hydroxyl groups is 1. The van der Waals surface area contributed by atoms with Crippen LogP contribution < -0.4 is 24.4 Å². The molecule has 7 nitrogen and oxygen atoms in total. The quantitative estimate of drug-likeness (QED) is 0.366. The summed E-state index contributed by atoms with van der Waals surface area (Å²) in [6.07, 6.45) is 0. The van der Waals surface area contributed by atoms with Crippen molar-refractivity contribution in [2.75, 3.05) is 26.4 Å². The molecule has 2 aromatic carbocycles. The van der Waals surface area contributed by atoms with Gasteiger partial charge < -0.3 is 28.5 Å². The summed E-state index contributed by atoms with van der Waals surface area (Å²) >= 11 is 1.94. The van der Waals surface area contributed by atoms with Gasteiger partial charge in [0.2, 0.25) is 11.2 Å². The van der Waals surface area contributed by atoms with Gasteiger partial charge in [-0.3, -0.25) is 4.79 Å². The van der Waals surface area contributed by atoms with Crippen molar-refractivity contribution in [1.29, 1.82) is 0 Å². The number of halogens is 1. The van der Waals surface area contributed by atoms with Crippen LogP contribution in [-0.4, -0.2) is 31.5 Å². The lowest BCUT2D eigenvalue weighted by molar-refractivity contribution is 0.288. The van der Waals surface area contributed by atoms with E-state index in [0.717, 1.165) is 0 Å². The van der Waals surface area contributed by atoms with E-state index in [9.17, 15) is 9.90 Å². The Kier molecular flexibility index (Phi) is 7.53. The first kappa shape index (κ1) is 23.1. The van der Waals surface area contributed by atoms with Gasteiger partial charge in [-0.15, -0.1) is 0 Å². The Morgan fingerprint density at radius 1 is 0.871 bits per heavy atom. The minimum atomic E-state index is -0.455. The summed E-state index contributed by atoms with van der Waals surface area (Å²) in [6, 6.07) is 6.90. The van der Waals surface area contributed by atoms with Gasteiger partial charge in [-0.1, -0.05) is 0 Å². The van der Waals surface area contributed by atoms with E-state index in [1.807, 2.05) is 43.4 Å². The van der Waals surface area contributed by atoms with Crippen LogP contribution in [0.3, 0.4) is 0 Å². The molecule has 0 saturated heterocycles. The average molecular weight is 540 g/mol. The lowest BCUT2D eigenvalue weighted by atomic mass is 10.1. The van der Waals surface area contributed by atoms with Crippen LogP contribution in [0, 0.1) is 3.57 Å². The van der Waals surface area contributed by atoms with E-state index >= 15 is 0 Å². The maximum Gasteiger partial charge on any atom is 0.239 e. The zero-order chi connectivity index (χ0) is 22.5. The Balaban J connectivity index is 2.31. The van der Waals surface area contributed by atoms with E-state index in [-0.39, 0.29) is 34.8 Å². The molecule has 0 bridgehead atoms. The molecule has 0 amide bonds. The highest BCUT2D eigenvalue weighted by molar-refractivity contribution is 14.1. The zero-order valence-corrected chi connectivity index (χ0v) is 20.1. The van der Waals surface area contributed by atoms with Crippen molar-refractivity contribution in [2.24, 2.45) is 0 Å². The summed E-state index contributed by atoms with van der Waals surface area (Å²) in [5.74, 6) is 1.65. The zero-order valence-electron chi connectivity index (χ0n) is 17.9. The van der Waals surface area contributed by atoms with E-state index in [1.165, 1.54) is 0 Å². The fourth-order valence-electron chi connectivity index (χ4n) is 3.19. The van der Waals surface area contributed by atoms with Gasteiger partial charge in [0.1, 0.15) is 22.5 Å². The first-order valence-electron chi connectivity index (χ1n) is 10.1. The molecule has 0 atom stereocenters. The molecule has 8 heteroatoms. The number of hydrogen-bond donors (Lipinski definition) is 1. The second kappa shape index (κ2) is 10.1. The number of ether oxygens (including phenoxy) is 4. The molecule has 1 aromatic heterocycles. The van der Waals surface area contributed by atoms with Crippen molar-refractivity contribution >= 4 is 33.6 Å². The highest BCUT2D eigenvalue weighted by atomic mass is 127. The summed E-state index contributed by atoms with van der Waals surface area (Å²) in [7, 11) is 0. The highest BCUT2D eigenvalue weighted by Gasteiger charge is 2.24. The van der Waals surface area contributed by atoms with Gasteiger partial charge in [-0.25, -0.2) is 0 Å². The third-order valence-electron chi connectivity index (χ3n) is 4.42. The number of phenolic OH excluding ortho intramolecular Hbond substituents is 1. The van der Waals surface area contributed by atoms with Gasteiger partial charge in [0, 0.05) is 11.6 Å². The number of rotatable bonds is 9.